The van der Waals surface area contributed by atoms with E-state index in [4.69, 9.17) is 0 Å². The Morgan fingerprint density at radius 1 is 1.50 bits per heavy atom. The van der Waals surface area contributed by atoms with E-state index >= 15 is 0 Å². The van der Waals surface area contributed by atoms with Crippen molar-refractivity contribution in [3.63, 3.8) is 0 Å². The van der Waals surface area contributed by atoms with Gasteiger partial charge in [-0.3, -0.25) is 4.79 Å². The van der Waals surface area contributed by atoms with Crippen LogP contribution in [0.2, 0.25) is 0 Å². The average molecular weight is 234 g/mol. The van der Waals surface area contributed by atoms with Crippen LogP contribution in [-0.2, 0) is 24.2 Å². The summed E-state index contributed by atoms with van der Waals surface area (Å²) in [6.45, 7) is 2.91. The van der Waals surface area contributed by atoms with E-state index in [0.717, 1.165) is 17.2 Å². The van der Waals surface area contributed by atoms with Crippen LogP contribution in [0, 0.1) is 0 Å². The Bertz CT molecular complexity index is 459. The molecule has 0 atom stereocenters. The minimum Gasteiger partial charge on any atom is -0.335 e. The quantitative estimate of drug-likeness (QED) is 0.795. The highest BCUT2D eigenvalue weighted by Crippen LogP contribution is 2.11. The van der Waals surface area contributed by atoms with Crippen LogP contribution in [0.5, 0.6) is 0 Å². The molecular formula is C12H14N2OS. The fourth-order valence-corrected chi connectivity index (χ4v) is 2.37. The number of nitrogens with zero attached hydrogens (tertiary/aromatic N) is 2. The molecule has 0 N–H and O–H groups in total. The number of rotatable bonds is 5. The first-order chi connectivity index (χ1) is 7.79. The second-order valence-electron chi connectivity index (χ2n) is 3.60. The minimum absolute atomic E-state index is 0.225. The predicted octanol–water partition coefficient (Wildman–Crippen LogP) is 2.32. The van der Waals surface area contributed by atoms with Crippen molar-refractivity contribution in [1.82, 2.24) is 9.55 Å². The number of carbonyl (C=O) groups is 1. The molecule has 0 saturated carbocycles. The summed E-state index contributed by atoms with van der Waals surface area (Å²) in [5, 5.41) is 2.00. The smallest absolute Gasteiger partial charge is 0.145 e. The largest absolute Gasteiger partial charge is 0.335 e. The van der Waals surface area contributed by atoms with Crippen LogP contribution in [0.3, 0.4) is 0 Å². The van der Waals surface area contributed by atoms with Crippen molar-refractivity contribution in [1.29, 1.82) is 0 Å². The van der Waals surface area contributed by atoms with E-state index in [1.807, 2.05) is 28.3 Å². The zero-order valence-corrected chi connectivity index (χ0v) is 10.0. The summed E-state index contributed by atoms with van der Waals surface area (Å²) in [5.41, 5.74) is 0. The van der Waals surface area contributed by atoms with Crippen LogP contribution in [0.4, 0.5) is 0 Å². The second kappa shape index (κ2) is 5.07. The first-order valence-corrected chi connectivity index (χ1v) is 6.21. The van der Waals surface area contributed by atoms with Gasteiger partial charge in [0.25, 0.3) is 0 Å². The van der Waals surface area contributed by atoms with Crippen LogP contribution >= 0.6 is 11.3 Å². The van der Waals surface area contributed by atoms with Gasteiger partial charge in [0.15, 0.2) is 0 Å². The highest BCUT2D eigenvalue weighted by molar-refractivity contribution is 7.10. The molecule has 0 fully saturated rings. The Balaban J connectivity index is 1.97. The Kier molecular flexibility index (Phi) is 3.51. The van der Waals surface area contributed by atoms with E-state index in [-0.39, 0.29) is 5.78 Å². The number of carbonyl (C=O) groups excluding carboxylic acids is 1. The molecule has 0 aliphatic heterocycles. The summed E-state index contributed by atoms with van der Waals surface area (Å²) in [6, 6.07) is 3.97. The maximum absolute atomic E-state index is 11.8. The lowest BCUT2D eigenvalue weighted by Crippen LogP contribution is -2.10. The van der Waals surface area contributed by atoms with Crippen molar-refractivity contribution < 1.29 is 4.79 Å². The molecule has 0 aromatic carbocycles. The lowest BCUT2D eigenvalue weighted by molar-refractivity contribution is -0.117. The van der Waals surface area contributed by atoms with Gasteiger partial charge in [-0.25, -0.2) is 4.98 Å². The predicted molar refractivity (Wildman–Crippen MR) is 64.6 cm³/mol. The van der Waals surface area contributed by atoms with Crippen molar-refractivity contribution in [2.24, 2.45) is 0 Å². The van der Waals surface area contributed by atoms with Gasteiger partial charge in [0.2, 0.25) is 0 Å². The molecule has 0 aliphatic rings. The molecule has 0 aliphatic carbocycles. The first-order valence-electron chi connectivity index (χ1n) is 5.33. The fourth-order valence-electron chi connectivity index (χ4n) is 1.64. The molecule has 2 aromatic heterocycles. The van der Waals surface area contributed by atoms with E-state index in [9.17, 15) is 4.79 Å². The highest BCUT2D eigenvalue weighted by atomic mass is 32.1. The van der Waals surface area contributed by atoms with Gasteiger partial charge in [-0.15, -0.1) is 11.3 Å². The van der Waals surface area contributed by atoms with Crippen molar-refractivity contribution >= 4 is 17.1 Å². The number of thiophene rings is 1. The zero-order chi connectivity index (χ0) is 11.4. The van der Waals surface area contributed by atoms with Crippen LogP contribution in [0.25, 0.3) is 0 Å². The second-order valence-corrected chi connectivity index (χ2v) is 4.63. The van der Waals surface area contributed by atoms with Crippen molar-refractivity contribution in [2.75, 3.05) is 0 Å². The maximum Gasteiger partial charge on any atom is 0.145 e. The van der Waals surface area contributed by atoms with Gasteiger partial charge in [0.1, 0.15) is 11.6 Å². The molecular weight excluding hydrogens is 220 g/mol. The Morgan fingerprint density at radius 3 is 3.06 bits per heavy atom. The summed E-state index contributed by atoms with van der Waals surface area (Å²) >= 11 is 1.63. The zero-order valence-electron chi connectivity index (χ0n) is 9.22. The molecule has 4 heteroatoms. The van der Waals surface area contributed by atoms with Gasteiger partial charge in [0, 0.05) is 30.2 Å². The van der Waals surface area contributed by atoms with E-state index in [0.29, 0.717) is 12.8 Å². The average Bonchev–Trinajstić information content (AvgIpc) is 2.88. The molecule has 0 unspecified atom stereocenters. The van der Waals surface area contributed by atoms with Crippen molar-refractivity contribution in [3.05, 3.63) is 40.6 Å². The topological polar surface area (TPSA) is 34.9 Å². The number of Topliss-reactive ketones (excluding diaryl/α,β-unsaturated/α-hetero) is 1. The first kappa shape index (κ1) is 11.1. The van der Waals surface area contributed by atoms with E-state index in [2.05, 4.69) is 11.9 Å². The summed E-state index contributed by atoms with van der Waals surface area (Å²) in [5.74, 6) is 1.09. The Labute approximate surface area is 98.8 Å². The van der Waals surface area contributed by atoms with E-state index in [1.54, 1.807) is 17.5 Å². The molecule has 0 radical (unpaired) electrons. The summed E-state index contributed by atoms with van der Waals surface area (Å²) < 4.78 is 2.01. The standard InChI is InChI=1S/C12H14N2OS/c1-2-14-6-5-13-12(14)9-10(15)8-11-4-3-7-16-11/h3-7H,2,8-9H2,1H3. The van der Waals surface area contributed by atoms with Crippen molar-refractivity contribution in [2.45, 2.75) is 26.3 Å². The fraction of sp³-hybridized carbons (Fsp3) is 0.333. The molecule has 84 valence electrons. The van der Waals surface area contributed by atoms with Crippen LogP contribution in [0.1, 0.15) is 17.6 Å². The third kappa shape index (κ3) is 2.58. The molecule has 2 rings (SSSR count). The number of imidazole rings is 1. The maximum atomic E-state index is 11.8. The number of hydrogen-bond donors (Lipinski definition) is 0. The minimum atomic E-state index is 0.225. The van der Waals surface area contributed by atoms with Gasteiger partial charge in [0.05, 0.1) is 6.42 Å². The highest BCUT2D eigenvalue weighted by Gasteiger charge is 2.09. The van der Waals surface area contributed by atoms with E-state index < -0.39 is 0 Å². The Morgan fingerprint density at radius 2 is 2.38 bits per heavy atom. The normalized spacial score (nSPS) is 10.6. The molecule has 0 bridgehead atoms. The summed E-state index contributed by atoms with van der Waals surface area (Å²) in [6.07, 6.45) is 4.61. The number of ketones is 1. The molecule has 16 heavy (non-hydrogen) atoms. The van der Waals surface area contributed by atoms with E-state index in [1.165, 1.54) is 0 Å². The van der Waals surface area contributed by atoms with Crippen LogP contribution < -0.4 is 0 Å². The van der Waals surface area contributed by atoms with Gasteiger partial charge in [-0.2, -0.15) is 0 Å². The lowest BCUT2D eigenvalue weighted by atomic mass is 10.2. The molecule has 3 nitrogen and oxygen atoms in total. The molecule has 0 amide bonds. The van der Waals surface area contributed by atoms with Crippen LogP contribution in [0.15, 0.2) is 29.9 Å². The monoisotopic (exact) mass is 234 g/mol. The molecule has 2 heterocycles. The third-order valence-corrected chi connectivity index (χ3v) is 3.33. The Hall–Kier alpha value is -1.42. The molecule has 0 saturated heterocycles. The van der Waals surface area contributed by atoms with Crippen molar-refractivity contribution in [3.8, 4) is 0 Å². The molecule has 2 aromatic rings. The van der Waals surface area contributed by atoms with Gasteiger partial charge >= 0.3 is 0 Å². The van der Waals surface area contributed by atoms with Gasteiger partial charge in [-0.05, 0) is 18.4 Å². The number of hydrogen-bond acceptors (Lipinski definition) is 3. The lowest BCUT2D eigenvalue weighted by Gasteiger charge is -2.03. The SMILES string of the molecule is CCn1ccnc1CC(=O)Cc1cccs1. The van der Waals surface area contributed by atoms with Gasteiger partial charge in [-0.1, -0.05) is 6.07 Å². The summed E-state index contributed by atoms with van der Waals surface area (Å²) in [7, 11) is 0. The third-order valence-electron chi connectivity index (χ3n) is 2.45. The molecule has 0 spiro atoms. The number of aromatic nitrogens is 2. The number of aryl methyl sites for hydroxylation is 1. The summed E-state index contributed by atoms with van der Waals surface area (Å²) in [4.78, 5) is 17.1. The van der Waals surface area contributed by atoms with Crippen LogP contribution in [-0.4, -0.2) is 15.3 Å². The van der Waals surface area contributed by atoms with Gasteiger partial charge < -0.3 is 4.57 Å².